The average molecular weight is 415 g/mol. The molecular formula is C17H23BrN2O5. The molecular weight excluding hydrogens is 392 g/mol. The monoisotopic (exact) mass is 414 g/mol. The maximum absolute atomic E-state index is 12.4. The first-order valence-corrected chi connectivity index (χ1v) is 9.08. The van der Waals surface area contributed by atoms with Gasteiger partial charge in [-0.05, 0) is 48.7 Å². The molecule has 2 amide bonds. The van der Waals surface area contributed by atoms with Gasteiger partial charge in [0.15, 0.2) is 10.4 Å². The number of carbonyl (C=O) groups excluding carboxylic acids is 3. The molecule has 0 atom stereocenters. The molecule has 0 aliphatic carbocycles. The van der Waals surface area contributed by atoms with Crippen LogP contribution in [-0.2, 0) is 14.3 Å². The summed E-state index contributed by atoms with van der Waals surface area (Å²) >= 11 is 3.19. The van der Waals surface area contributed by atoms with Crippen molar-refractivity contribution in [3.8, 4) is 0 Å². The lowest BCUT2D eigenvalue weighted by Crippen LogP contribution is -2.45. The van der Waals surface area contributed by atoms with Crippen LogP contribution in [0.4, 0.5) is 0 Å². The second-order valence-electron chi connectivity index (χ2n) is 6.13. The van der Waals surface area contributed by atoms with Crippen LogP contribution in [0.15, 0.2) is 15.2 Å². The third-order valence-electron chi connectivity index (χ3n) is 4.27. The second kappa shape index (κ2) is 8.51. The van der Waals surface area contributed by atoms with Crippen LogP contribution in [-0.4, -0.2) is 60.9 Å². The second-order valence-corrected chi connectivity index (χ2v) is 6.91. The van der Waals surface area contributed by atoms with Crippen LogP contribution in [0.25, 0.3) is 0 Å². The van der Waals surface area contributed by atoms with Gasteiger partial charge < -0.3 is 19.0 Å². The largest absolute Gasteiger partial charge is 0.466 e. The fraction of sp³-hybridized carbons (Fsp3) is 0.588. The van der Waals surface area contributed by atoms with E-state index in [1.807, 2.05) is 0 Å². The normalized spacial score (nSPS) is 15.1. The number of aryl methyl sites for hydroxylation is 1. The van der Waals surface area contributed by atoms with Crippen molar-refractivity contribution in [2.75, 3.05) is 33.3 Å². The van der Waals surface area contributed by atoms with E-state index >= 15 is 0 Å². The third kappa shape index (κ3) is 4.84. The molecule has 7 nitrogen and oxygen atoms in total. The smallest absolute Gasteiger partial charge is 0.309 e. The first kappa shape index (κ1) is 19.5. The van der Waals surface area contributed by atoms with Crippen molar-refractivity contribution in [3.05, 3.63) is 22.1 Å². The molecule has 1 aliphatic heterocycles. The van der Waals surface area contributed by atoms with E-state index in [2.05, 4.69) is 15.9 Å². The van der Waals surface area contributed by atoms with Crippen molar-refractivity contribution in [2.24, 2.45) is 5.92 Å². The molecule has 1 aliphatic rings. The number of esters is 1. The summed E-state index contributed by atoms with van der Waals surface area (Å²) in [4.78, 5) is 39.6. The number of amides is 2. The summed E-state index contributed by atoms with van der Waals surface area (Å²) in [5.74, 6) is -0.588. The van der Waals surface area contributed by atoms with Crippen LogP contribution in [0.3, 0.4) is 0 Å². The van der Waals surface area contributed by atoms with E-state index in [4.69, 9.17) is 9.15 Å². The van der Waals surface area contributed by atoms with E-state index in [1.54, 1.807) is 31.9 Å². The molecule has 0 spiro atoms. The minimum absolute atomic E-state index is 0.0271. The lowest BCUT2D eigenvalue weighted by molar-refractivity contribution is -0.151. The Labute approximate surface area is 155 Å². The molecule has 1 aromatic heterocycles. The van der Waals surface area contributed by atoms with Gasteiger partial charge in [0.2, 0.25) is 5.91 Å². The zero-order chi connectivity index (χ0) is 18.6. The summed E-state index contributed by atoms with van der Waals surface area (Å²) in [5.41, 5.74) is 0.714. The first-order chi connectivity index (χ1) is 11.8. The topological polar surface area (TPSA) is 80.1 Å². The van der Waals surface area contributed by atoms with Gasteiger partial charge >= 0.3 is 5.97 Å². The van der Waals surface area contributed by atoms with E-state index in [1.165, 1.54) is 4.90 Å². The van der Waals surface area contributed by atoms with Crippen LogP contribution in [0.1, 0.15) is 35.9 Å². The summed E-state index contributed by atoms with van der Waals surface area (Å²) in [5, 5.41) is 0. The summed E-state index contributed by atoms with van der Waals surface area (Å²) in [6, 6.07) is 1.71. The fourth-order valence-electron chi connectivity index (χ4n) is 2.83. The van der Waals surface area contributed by atoms with E-state index in [-0.39, 0.29) is 36.0 Å². The average Bonchev–Trinajstić information content (AvgIpc) is 2.92. The van der Waals surface area contributed by atoms with E-state index in [0.717, 1.165) is 0 Å². The van der Waals surface area contributed by atoms with Gasteiger partial charge in [0, 0.05) is 25.7 Å². The van der Waals surface area contributed by atoms with Gasteiger partial charge in [-0.1, -0.05) is 0 Å². The van der Waals surface area contributed by atoms with Gasteiger partial charge in [0.1, 0.15) is 0 Å². The number of nitrogens with zero attached hydrogens (tertiary/aromatic N) is 2. The number of carbonyl (C=O) groups is 3. The van der Waals surface area contributed by atoms with Gasteiger partial charge in [-0.25, -0.2) is 0 Å². The molecule has 0 N–H and O–H groups in total. The Balaban J connectivity index is 1.87. The number of furan rings is 1. The van der Waals surface area contributed by atoms with Crippen LogP contribution < -0.4 is 0 Å². The molecule has 2 heterocycles. The molecule has 25 heavy (non-hydrogen) atoms. The number of piperidine rings is 1. The van der Waals surface area contributed by atoms with Gasteiger partial charge in [-0.2, -0.15) is 0 Å². The minimum Gasteiger partial charge on any atom is -0.466 e. The highest BCUT2D eigenvalue weighted by Gasteiger charge is 2.29. The summed E-state index contributed by atoms with van der Waals surface area (Å²) in [6.07, 6.45) is 1.18. The molecule has 0 unspecified atom stereocenters. The SMILES string of the molecule is CCOC(=O)C1CCN(C(=O)CN(C)C(=O)c2oc(Br)cc2C)CC1. The number of halogens is 1. The zero-order valence-corrected chi connectivity index (χ0v) is 16.3. The van der Waals surface area contributed by atoms with E-state index < -0.39 is 0 Å². The Morgan fingerprint density at radius 1 is 1.36 bits per heavy atom. The molecule has 8 heteroatoms. The van der Waals surface area contributed by atoms with Gasteiger partial charge in [-0.3, -0.25) is 14.4 Å². The molecule has 138 valence electrons. The van der Waals surface area contributed by atoms with Crippen LogP contribution in [0.5, 0.6) is 0 Å². The number of likely N-dealkylation sites (N-methyl/N-ethyl adjacent to an activating group) is 1. The van der Waals surface area contributed by atoms with Crippen molar-refractivity contribution in [3.63, 3.8) is 0 Å². The van der Waals surface area contributed by atoms with Crippen molar-refractivity contribution >= 4 is 33.7 Å². The Hall–Kier alpha value is -1.83. The number of likely N-dealkylation sites (tertiary alicyclic amines) is 1. The lowest BCUT2D eigenvalue weighted by atomic mass is 9.97. The van der Waals surface area contributed by atoms with Crippen molar-refractivity contribution < 1.29 is 23.5 Å². The predicted octanol–water partition coefficient (Wildman–Crippen LogP) is 2.22. The number of hydrogen-bond donors (Lipinski definition) is 0. The molecule has 0 aromatic carbocycles. The quantitative estimate of drug-likeness (QED) is 0.690. The Morgan fingerprint density at radius 2 is 2.00 bits per heavy atom. The molecule has 0 bridgehead atoms. The van der Waals surface area contributed by atoms with Crippen molar-refractivity contribution in [2.45, 2.75) is 26.7 Å². The summed E-state index contributed by atoms with van der Waals surface area (Å²) < 4.78 is 10.8. The van der Waals surface area contributed by atoms with Crippen LogP contribution in [0, 0.1) is 12.8 Å². The van der Waals surface area contributed by atoms with E-state index in [0.29, 0.717) is 42.8 Å². The minimum atomic E-state index is -0.335. The van der Waals surface area contributed by atoms with Crippen LogP contribution >= 0.6 is 15.9 Å². The van der Waals surface area contributed by atoms with Gasteiger partial charge in [0.05, 0.1) is 19.1 Å². The molecule has 1 fully saturated rings. The number of hydrogen-bond acceptors (Lipinski definition) is 5. The molecule has 1 aromatic rings. The maximum Gasteiger partial charge on any atom is 0.309 e. The third-order valence-corrected chi connectivity index (χ3v) is 4.66. The fourth-order valence-corrected chi connectivity index (χ4v) is 3.33. The standard InChI is InChI=1S/C17H23BrN2O5/c1-4-24-17(23)12-5-7-20(8-6-12)14(21)10-19(3)16(22)15-11(2)9-13(18)25-15/h9,12H,4-8,10H2,1-3H3. The number of rotatable bonds is 5. The zero-order valence-electron chi connectivity index (χ0n) is 14.7. The Kier molecular flexibility index (Phi) is 6.64. The number of ether oxygens (including phenoxy) is 1. The molecule has 1 saturated heterocycles. The maximum atomic E-state index is 12.4. The highest BCUT2D eigenvalue weighted by Crippen LogP contribution is 2.21. The van der Waals surface area contributed by atoms with Crippen LogP contribution in [0.2, 0.25) is 0 Å². The van der Waals surface area contributed by atoms with Gasteiger partial charge in [-0.15, -0.1) is 0 Å². The molecule has 2 rings (SSSR count). The summed E-state index contributed by atoms with van der Waals surface area (Å²) in [7, 11) is 1.57. The van der Waals surface area contributed by atoms with Crippen molar-refractivity contribution in [1.82, 2.24) is 9.80 Å². The Morgan fingerprint density at radius 3 is 2.52 bits per heavy atom. The lowest BCUT2D eigenvalue weighted by Gasteiger charge is -2.32. The highest BCUT2D eigenvalue weighted by atomic mass is 79.9. The van der Waals surface area contributed by atoms with Crippen molar-refractivity contribution in [1.29, 1.82) is 0 Å². The predicted molar refractivity (Wildman–Crippen MR) is 94.0 cm³/mol. The molecule has 0 saturated carbocycles. The Bertz CT molecular complexity index is 649. The highest BCUT2D eigenvalue weighted by molar-refractivity contribution is 9.10. The molecule has 0 radical (unpaired) electrons. The van der Waals surface area contributed by atoms with Gasteiger partial charge in [0.25, 0.3) is 5.91 Å². The first-order valence-electron chi connectivity index (χ1n) is 8.29. The summed E-state index contributed by atoms with van der Waals surface area (Å²) in [6.45, 7) is 4.89. The van der Waals surface area contributed by atoms with E-state index in [9.17, 15) is 14.4 Å².